The Balaban J connectivity index is 1.22. The van der Waals surface area contributed by atoms with E-state index in [1.807, 2.05) is 11.8 Å². The van der Waals surface area contributed by atoms with Crippen molar-refractivity contribution in [2.24, 2.45) is 11.3 Å². The molecule has 4 N–H and O–H groups in total. The van der Waals surface area contributed by atoms with E-state index in [0.717, 1.165) is 51.4 Å². The second-order valence-electron chi connectivity index (χ2n) is 12.6. The molecule has 37 heavy (non-hydrogen) atoms. The molecular formula is C28H46FN5O3. The van der Waals surface area contributed by atoms with E-state index in [1.165, 1.54) is 19.3 Å². The molecule has 0 aromatic heterocycles. The summed E-state index contributed by atoms with van der Waals surface area (Å²) < 4.78 is 14.4. The van der Waals surface area contributed by atoms with Gasteiger partial charge in [-0.1, -0.05) is 13.3 Å². The van der Waals surface area contributed by atoms with Gasteiger partial charge in [0.25, 0.3) is 0 Å². The van der Waals surface area contributed by atoms with Crippen molar-refractivity contribution < 1.29 is 18.8 Å². The molecule has 4 unspecified atom stereocenters. The fourth-order valence-electron chi connectivity index (χ4n) is 7.53. The van der Waals surface area contributed by atoms with E-state index >= 15 is 0 Å². The van der Waals surface area contributed by atoms with Crippen LogP contribution in [0.4, 0.5) is 4.39 Å². The van der Waals surface area contributed by atoms with E-state index < -0.39 is 12.2 Å². The van der Waals surface area contributed by atoms with Crippen molar-refractivity contribution in [1.29, 1.82) is 0 Å². The first-order chi connectivity index (χ1) is 17.8. The summed E-state index contributed by atoms with van der Waals surface area (Å²) in [4.78, 5) is 41.9. The van der Waals surface area contributed by atoms with Gasteiger partial charge in [-0.15, -0.1) is 0 Å². The molecule has 3 amide bonds. The number of halogens is 1. The van der Waals surface area contributed by atoms with Crippen LogP contribution in [0.3, 0.4) is 0 Å². The predicted octanol–water partition coefficient (Wildman–Crippen LogP) is 2.52. The van der Waals surface area contributed by atoms with Crippen LogP contribution in [0.2, 0.25) is 0 Å². The monoisotopic (exact) mass is 519 g/mol. The van der Waals surface area contributed by atoms with Gasteiger partial charge in [-0.2, -0.15) is 0 Å². The summed E-state index contributed by atoms with van der Waals surface area (Å²) in [6.07, 6.45) is 10.6. The van der Waals surface area contributed by atoms with Crippen LogP contribution in [0.1, 0.15) is 97.3 Å². The lowest BCUT2D eigenvalue weighted by molar-refractivity contribution is -0.143. The smallest absolute Gasteiger partial charge is 0.243 e. The van der Waals surface area contributed by atoms with Gasteiger partial charge in [-0.3, -0.25) is 25.0 Å². The third-order valence-electron chi connectivity index (χ3n) is 10.0. The van der Waals surface area contributed by atoms with Crippen molar-refractivity contribution in [2.75, 3.05) is 6.54 Å². The maximum absolute atomic E-state index is 14.4. The number of fused-ring (bicyclic) bond motifs is 1. The highest BCUT2D eigenvalue weighted by Gasteiger charge is 2.51. The van der Waals surface area contributed by atoms with Crippen LogP contribution in [0, 0.1) is 11.3 Å². The van der Waals surface area contributed by atoms with Crippen molar-refractivity contribution in [1.82, 2.24) is 26.2 Å². The minimum Gasteiger partial charge on any atom is -0.349 e. The summed E-state index contributed by atoms with van der Waals surface area (Å²) in [7, 11) is 0. The van der Waals surface area contributed by atoms with E-state index in [-0.39, 0.29) is 60.4 Å². The highest BCUT2D eigenvalue weighted by atomic mass is 19.1. The number of hydrogen-bond acceptors (Lipinski definition) is 5. The molecule has 5 fully saturated rings. The quantitative estimate of drug-likeness (QED) is 0.395. The number of amides is 3. The number of carbonyl (C=O) groups is 3. The summed E-state index contributed by atoms with van der Waals surface area (Å²) >= 11 is 0. The van der Waals surface area contributed by atoms with Gasteiger partial charge in [0.2, 0.25) is 17.7 Å². The van der Waals surface area contributed by atoms with Gasteiger partial charge in [-0.05, 0) is 83.0 Å². The number of piperidine rings is 1. The Morgan fingerprint density at radius 1 is 1.03 bits per heavy atom. The normalized spacial score (nSPS) is 34.6. The summed E-state index contributed by atoms with van der Waals surface area (Å²) in [5, 5.41) is 12.8. The maximum Gasteiger partial charge on any atom is 0.243 e. The molecule has 9 heteroatoms. The van der Waals surface area contributed by atoms with E-state index in [9.17, 15) is 18.8 Å². The molecule has 208 valence electrons. The van der Waals surface area contributed by atoms with E-state index in [1.54, 1.807) is 0 Å². The lowest BCUT2D eigenvalue weighted by atomic mass is 9.51. The maximum atomic E-state index is 14.4. The predicted molar refractivity (Wildman–Crippen MR) is 139 cm³/mol. The highest BCUT2D eigenvalue weighted by molar-refractivity contribution is 5.93. The fraction of sp³-hybridized carbons (Fsp3) is 0.893. The zero-order valence-corrected chi connectivity index (χ0v) is 22.6. The number of carbonyl (C=O) groups excluding carboxylic acids is 3. The lowest BCUT2D eigenvalue weighted by Gasteiger charge is -2.53. The molecule has 0 aromatic rings. The third-order valence-corrected chi connectivity index (χ3v) is 10.0. The average Bonchev–Trinajstić information content (AvgIpc) is 3.28. The molecule has 0 aromatic carbocycles. The zero-order valence-electron chi connectivity index (χ0n) is 22.6. The number of rotatable bonds is 8. The van der Waals surface area contributed by atoms with Gasteiger partial charge in [0, 0.05) is 24.5 Å². The van der Waals surface area contributed by atoms with E-state index in [0.29, 0.717) is 18.4 Å². The van der Waals surface area contributed by atoms with Crippen LogP contribution in [-0.2, 0) is 14.4 Å². The Labute approximate surface area is 220 Å². The van der Waals surface area contributed by atoms with Crippen molar-refractivity contribution in [3.63, 3.8) is 0 Å². The summed E-state index contributed by atoms with van der Waals surface area (Å²) in [6, 6.07) is -1.20. The number of nitrogens with one attached hydrogen (secondary N) is 4. The topological polar surface area (TPSA) is 103 Å². The van der Waals surface area contributed by atoms with Crippen molar-refractivity contribution >= 4 is 17.7 Å². The lowest BCUT2D eigenvalue weighted by Crippen LogP contribution is -2.59. The van der Waals surface area contributed by atoms with Gasteiger partial charge in [-0.25, -0.2) is 4.39 Å². The van der Waals surface area contributed by atoms with Crippen molar-refractivity contribution in [3.8, 4) is 0 Å². The fourth-order valence-corrected chi connectivity index (χ4v) is 7.53. The molecule has 1 spiro atoms. The van der Waals surface area contributed by atoms with Gasteiger partial charge < -0.3 is 15.5 Å². The molecule has 2 heterocycles. The van der Waals surface area contributed by atoms with Gasteiger partial charge >= 0.3 is 0 Å². The number of likely N-dealkylation sites (tertiary alicyclic amines) is 1. The summed E-state index contributed by atoms with van der Waals surface area (Å²) in [6.45, 7) is 4.69. The first kappa shape index (κ1) is 26.9. The minimum atomic E-state index is -0.905. The molecular weight excluding hydrogens is 473 g/mol. The van der Waals surface area contributed by atoms with Crippen molar-refractivity contribution in [3.05, 3.63) is 0 Å². The van der Waals surface area contributed by atoms with Gasteiger partial charge in [0.1, 0.15) is 12.2 Å². The third kappa shape index (κ3) is 5.68. The summed E-state index contributed by atoms with van der Waals surface area (Å²) in [5.41, 5.74) is 0.358. The largest absolute Gasteiger partial charge is 0.349 e. The molecule has 3 saturated carbocycles. The number of nitrogens with zero attached hydrogens (tertiary/aromatic N) is 1. The molecule has 3 aliphatic carbocycles. The molecule has 7 atom stereocenters. The second kappa shape index (κ2) is 11.2. The first-order valence-electron chi connectivity index (χ1n) is 14.8. The first-order valence-corrected chi connectivity index (χ1v) is 14.8. The van der Waals surface area contributed by atoms with Crippen LogP contribution in [0.15, 0.2) is 0 Å². The Morgan fingerprint density at radius 3 is 2.49 bits per heavy atom. The highest BCUT2D eigenvalue weighted by Crippen LogP contribution is 2.58. The summed E-state index contributed by atoms with van der Waals surface area (Å²) in [5.74, 6) is -0.573. The average molecular weight is 520 g/mol. The molecule has 0 bridgehead atoms. The van der Waals surface area contributed by atoms with E-state index in [4.69, 9.17) is 0 Å². The zero-order chi connectivity index (χ0) is 26.2. The molecule has 5 rings (SSSR count). The van der Waals surface area contributed by atoms with Crippen LogP contribution in [0.5, 0.6) is 0 Å². The number of hydrogen-bond donors (Lipinski definition) is 4. The Morgan fingerprint density at radius 2 is 1.81 bits per heavy atom. The molecule has 8 nitrogen and oxygen atoms in total. The standard InChI is InChI=1S/C28H46FN5O3/c1-3-19-8-4-5-13-34(19)23(35)14-22(32-26(36)18-15-28(16-18)11-7-12-28)27(37)30-17(2)25-31-21-10-6-9-20(29)24(21)33-25/h17-22,24-25,31,33H,3-16H2,1-2H3,(H,30,37)(H,32,36)/t17-,19-,20?,21?,22-,24?,25?/m0/s1. The van der Waals surface area contributed by atoms with Crippen LogP contribution >= 0.6 is 0 Å². The molecule has 0 radical (unpaired) electrons. The Bertz CT molecular complexity index is 859. The molecule has 2 aliphatic heterocycles. The number of alkyl halides is 1. The van der Waals surface area contributed by atoms with Crippen LogP contribution in [0.25, 0.3) is 0 Å². The minimum absolute atomic E-state index is 0.0258. The Kier molecular flexibility index (Phi) is 8.10. The van der Waals surface area contributed by atoms with Gasteiger partial charge in [0.05, 0.1) is 24.7 Å². The van der Waals surface area contributed by atoms with Crippen LogP contribution in [-0.4, -0.2) is 71.7 Å². The Hall–Kier alpha value is -1.74. The van der Waals surface area contributed by atoms with Gasteiger partial charge in [0.15, 0.2) is 0 Å². The van der Waals surface area contributed by atoms with E-state index in [2.05, 4.69) is 28.2 Å². The second-order valence-corrected chi connectivity index (χ2v) is 12.6. The van der Waals surface area contributed by atoms with Crippen LogP contribution < -0.4 is 21.3 Å². The molecule has 2 saturated heterocycles. The van der Waals surface area contributed by atoms with Crippen molar-refractivity contribution in [2.45, 2.75) is 140 Å². The molecule has 5 aliphatic rings. The SMILES string of the molecule is CC[C@H]1CCCCN1C(=O)C[C@H](NC(=O)C1CC2(CCC2)C1)C(=O)N[C@@H](C)C1NC2CCCC(F)C2N1.